The summed E-state index contributed by atoms with van der Waals surface area (Å²) in [5, 5.41) is 8.02. The monoisotopic (exact) mass is 716 g/mol. The molecule has 1 aliphatic heterocycles. The van der Waals surface area contributed by atoms with Crippen molar-refractivity contribution in [3.63, 3.8) is 0 Å². The Hall–Kier alpha value is -3.75. The van der Waals surface area contributed by atoms with Gasteiger partial charge in [-0.25, -0.2) is 0 Å². The molecule has 2 unspecified atom stereocenters. The van der Waals surface area contributed by atoms with E-state index in [4.69, 9.17) is 9.47 Å². The first-order chi connectivity index (χ1) is 24.1. The van der Waals surface area contributed by atoms with E-state index in [0.29, 0.717) is 19.4 Å². The number of rotatable bonds is 20. The van der Waals surface area contributed by atoms with Gasteiger partial charge in [-0.3, -0.25) is 28.9 Å². The maximum absolute atomic E-state index is 14.0. The zero-order valence-electron chi connectivity index (χ0n) is 32.1. The number of ether oxygens (including phenoxy) is 2. The molecule has 14 nitrogen and oxygen atoms in total. The second kappa shape index (κ2) is 20.9. The molecule has 8 atom stereocenters. The lowest BCUT2D eigenvalue weighted by atomic mass is 9.90. The minimum absolute atomic E-state index is 0.0162. The van der Waals surface area contributed by atoms with Crippen molar-refractivity contribution >= 4 is 29.5 Å². The smallest absolute Gasteiger partial charge is 0.308 e. The van der Waals surface area contributed by atoms with Gasteiger partial charge in [0.25, 0.3) is 0 Å². The lowest BCUT2D eigenvalue weighted by Crippen LogP contribution is -2.55. The first-order valence-electron chi connectivity index (χ1n) is 17.9. The van der Waals surface area contributed by atoms with Gasteiger partial charge >= 0.3 is 5.91 Å². The van der Waals surface area contributed by atoms with Gasteiger partial charge in [0.15, 0.2) is 0 Å². The fourth-order valence-electron chi connectivity index (χ4n) is 7.27. The van der Waals surface area contributed by atoms with Crippen molar-refractivity contribution in [2.45, 2.75) is 103 Å². The molecular weight excluding hydrogens is 656 g/mol. The fourth-order valence-corrected chi connectivity index (χ4v) is 7.27. The van der Waals surface area contributed by atoms with Gasteiger partial charge in [-0.05, 0) is 44.3 Å². The molecule has 0 spiro atoms. The summed E-state index contributed by atoms with van der Waals surface area (Å²) < 4.78 is 11.7. The Balaban J connectivity index is 2.19. The standard InChI is InChI=1S/C37H60N6O8/c1-11-24(4)33(42(8)31(45)22-38-37(48)32(23(2)3)41(6)7)29(50-9)21-30(44)43-19-15-18-28(43)34(51-10)25(5)35(46)39-27(36(47)40-49)20-26-16-13-12-14-17-26/h12-14,16-17,23-25,27-29,32-34H,11,15,18-22H2,1-10H3,(H,38,48)(H,39,46)/t24?,25-,27+,28+,29?,32+,33+,34-/m1/s1. The average Bonchev–Trinajstić information content (AvgIpc) is 3.59. The highest BCUT2D eigenvalue weighted by atomic mass is 16.5. The summed E-state index contributed by atoms with van der Waals surface area (Å²) in [6, 6.07) is 6.58. The van der Waals surface area contributed by atoms with Gasteiger partial charge in [0.2, 0.25) is 23.6 Å². The van der Waals surface area contributed by atoms with Crippen molar-refractivity contribution in [2.24, 2.45) is 22.9 Å². The van der Waals surface area contributed by atoms with Crippen LogP contribution in [0.25, 0.3) is 0 Å². The highest BCUT2D eigenvalue weighted by molar-refractivity contribution is 5.89. The summed E-state index contributed by atoms with van der Waals surface area (Å²) in [5.41, 5.74) is 0.757. The quantitative estimate of drug-likeness (QED) is 0.193. The van der Waals surface area contributed by atoms with Crippen LogP contribution in [0.5, 0.6) is 0 Å². The molecule has 286 valence electrons. The van der Waals surface area contributed by atoms with E-state index >= 15 is 0 Å². The van der Waals surface area contributed by atoms with Crippen LogP contribution in [0.2, 0.25) is 0 Å². The number of nitrogens with one attached hydrogen (secondary N) is 2. The fraction of sp³-hybridized carbons (Fsp3) is 0.703. The third-order valence-corrected chi connectivity index (χ3v) is 10.2. The van der Waals surface area contributed by atoms with Gasteiger partial charge in [0.05, 0.1) is 49.2 Å². The van der Waals surface area contributed by atoms with Crippen molar-refractivity contribution in [3.05, 3.63) is 40.8 Å². The van der Waals surface area contributed by atoms with E-state index in [1.165, 1.54) is 14.2 Å². The topological polar surface area (TPSA) is 167 Å². The number of benzene rings is 1. The summed E-state index contributed by atoms with van der Waals surface area (Å²) in [6.45, 7) is 9.84. The second-order valence-electron chi connectivity index (χ2n) is 14.2. The molecule has 0 saturated carbocycles. The molecule has 51 heavy (non-hydrogen) atoms. The van der Waals surface area contributed by atoms with Gasteiger partial charge in [0.1, 0.15) is 6.04 Å². The molecule has 0 bridgehead atoms. The minimum Gasteiger partial charge on any atom is -0.379 e. The highest BCUT2D eigenvalue weighted by Crippen LogP contribution is 2.29. The lowest BCUT2D eigenvalue weighted by molar-refractivity contribution is -0.146. The van der Waals surface area contributed by atoms with Crippen LogP contribution in [0.1, 0.15) is 65.9 Å². The van der Waals surface area contributed by atoms with Crippen molar-refractivity contribution < 1.29 is 33.4 Å². The molecule has 1 aromatic rings. The van der Waals surface area contributed by atoms with E-state index < -0.39 is 48.1 Å². The number of hydrogen-bond acceptors (Lipinski definition) is 9. The highest BCUT2D eigenvalue weighted by Gasteiger charge is 2.42. The summed E-state index contributed by atoms with van der Waals surface area (Å²) in [4.78, 5) is 82.5. The van der Waals surface area contributed by atoms with Crippen LogP contribution < -0.4 is 10.6 Å². The summed E-state index contributed by atoms with van der Waals surface area (Å²) in [7, 11) is 8.32. The van der Waals surface area contributed by atoms with Crippen molar-refractivity contribution in [3.8, 4) is 0 Å². The molecule has 0 radical (unpaired) electrons. The maximum atomic E-state index is 14.0. The molecule has 0 aromatic heterocycles. The first kappa shape index (κ1) is 43.4. The number of carbonyl (C=O) groups is 5. The zero-order chi connectivity index (χ0) is 38.4. The number of nitrogens with zero attached hydrogens (tertiary/aromatic N) is 4. The van der Waals surface area contributed by atoms with Crippen LogP contribution in [0.15, 0.2) is 35.5 Å². The van der Waals surface area contributed by atoms with E-state index in [0.717, 1.165) is 12.0 Å². The summed E-state index contributed by atoms with van der Waals surface area (Å²) in [6.07, 6.45) is 0.746. The van der Waals surface area contributed by atoms with Crippen molar-refractivity contribution in [1.82, 2.24) is 25.3 Å². The SMILES string of the molecule is CCC(C)[C@@H](C(CC(=O)N1CCC[C@H]1[C@H](OC)[C@@H](C)C(=O)N[C@@H](Cc1ccccc1)C(=O)N=O)OC)N(C)C(=O)CNC(=O)[C@H](C(C)C)N(C)C. The summed E-state index contributed by atoms with van der Waals surface area (Å²) in [5.74, 6) is -2.96. The van der Waals surface area contributed by atoms with E-state index in [-0.39, 0.29) is 55.0 Å². The van der Waals surface area contributed by atoms with Gasteiger partial charge < -0.3 is 29.9 Å². The lowest BCUT2D eigenvalue weighted by Gasteiger charge is -2.39. The number of likely N-dealkylation sites (N-methyl/N-ethyl adjacent to an activating group) is 2. The molecule has 1 saturated heterocycles. The molecule has 1 aromatic carbocycles. The molecule has 1 fully saturated rings. The molecule has 2 rings (SSSR count). The second-order valence-corrected chi connectivity index (χ2v) is 14.2. The van der Waals surface area contributed by atoms with Crippen LogP contribution in [0.3, 0.4) is 0 Å². The molecule has 14 heteroatoms. The zero-order valence-corrected chi connectivity index (χ0v) is 32.1. The largest absolute Gasteiger partial charge is 0.379 e. The Morgan fingerprint density at radius 1 is 0.980 bits per heavy atom. The average molecular weight is 717 g/mol. The minimum atomic E-state index is -1.14. The van der Waals surface area contributed by atoms with Crippen LogP contribution in [0, 0.1) is 22.7 Å². The van der Waals surface area contributed by atoms with Crippen molar-refractivity contribution in [2.75, 3.05) is 48.5 Å². The van der Waals surface area contributed by atoms with Gasteiger partial charge in [0, 0.05) is 39.4 Å². The number of amides is 5. The third kappa shape index (κ3) is 11.9. The van der Waals surface area contributed by atoms with Gasteiger partial charge in [-0.1, -0.05) is 71.4 Å². The number of likely N-dealkylation sites (tertiary alicyclic amines) is 1. The van der Waals surface area contributed by atoms with E-state index in [1.807, 2.05) is 52.8 Å². The molecular formula is C37H60N6O8. The van der Waals surface area contributed by atoms with E-state index in [2.05, 4.69) is 15.8 Å². The van der Waals surface area contributed by atoms with Crippen LogP contribution in [-0.4, -0.2) is 129 Å². The molecule has 1 heterocycles. The number of hydrogen-bond donors (Lipinski definition) is 2. The van der Waals surface area contributed by atoms with Crippen LogP contribution in [-0.2, 0) is 39.9 Å². The predicted molar refractivity (Wildman–Crippen MR) is 194 cm³/mol. The van der Waals surface area contributed by atoms with Crippen LogP contribution in [0.4, 0.5) is 0 Å². The van der Waals surface area contributed by atoms with E-state index in [1.54, 1.807) is 48.0 Å². The normalized spacial score (nSPS) is 18.7. The Kier molecular flexibility index (Phi) is 17.8. The number of carbonyl (C=O) groups excluding carboxylic acids is 5. The Labute approximate surface area is 303 Å². The van der Waals surface area contributed by atoms with Crippen LogP contribution >= 0.6 is 0 Å². The first-order valence-corrected chi connectivity index (χ1v) is 17.9. The third-order valence-electron chi connectivity index (χ3n) is 10.2. The maximum Gasteiger partial charge on any atom is 0.308 e. The van der Waals surface area contributed by atoms with Gasteiger partial charge in [-0.15, -0.1) is 4.91 Å². The Bertz CT molecular complexity index is 1300. The number of nitroso groups, excluding NO2 is 1. The van der Waals surface area contributed by atoms with E-state index in [9.17, 15) is 28.9 Å². The van der Waals surface area contributed by atoms with Crippen molar-refractivity contribution in [1.29, 1.82) is 0 Å². The van der Waals surface area contributed by atoms with Gasteiger partial charge in [-0.2, -0.15) is 0 Å². The Morgan fingerprint density at radius 2 is 1.63 bits per heavy atom. The molecule has 2 N–H and O–H groups in total. The Morgan fingerprint density at radius 3 is 2.16 bits per heavy atom. The molecule has 1 aliphatic rings. The molecule has 0 aliphatic carbocycles. The summed E-state index contributed by atoms with van der Waals surface area (Å²) >= 11 is 0. The number of methoxy groups -OCH3 is 2. The molecule has 5 amide bonds. The predicted octanol–water partition coefficient (Wildman–Crippen LogP) is 2.63.